The molecule has 1 fully saturated rings. The highest BCUT2D eigenvalue weighted by atomic mass is 32.2. The Kier molecular flexibility index (Phi) is 7.85. The molecule has 0 radical (unpaired) electrons. The molecule has 0 saturated carbocycles. The Balaban J connectivity index is 1.27. The van der Waals surface area contributed by atoms with Crippen molar-refractivity contribution < 1.29 is 30.8 Å². The number of carbonyl (C=O) groups is 2. The van der Waals surface area contributed by atoms with Gasteiger partial charge in [0, 0.05) is 50.6 Å². The predicted molar refractivity (Wildman–Crippen MR) is 133 cm³/mol. The Labute approximate surface area is 214 Å². The lowest BCUT2D eigenvalue weighted by Gasteiger charge is -2.34. The van der Waals surface area contributed by atoms with E-state index in [2.05, 4.69) is 4.98 Å². The first kappa shape index (κ1) is 26.6. The highest BCUT2D eigenvalue weighted by Gasteiger charge is 2.30. The van der Waals surface area contributed by atoms with Gasteiger partial charge in [-0.1, -0.05) is 18.2 Å². The second-order valence-corrected chi connectivity index (χ2v) is 12.2. The van der Waals surface area contributed by atoms with E-state index in [1.807, 2.05) is 4.72 Å². The Morgan fingerprint density at radius 3 is 2.30 bits per heavy atom. The first-order valence-electron chi connectivity index (χ1n) is 11.4. The highest BCUT2D eigenvalue weighted by molar-refractivity contribution is 7.89. The monoisotopic (exact) mass is 548 g/mol. The number of pyridine rings is 1. The van der Waals surface area contributed by atoms with Crippen molar-refractivity contribution in [2.45, 2.75) is 23.5 Å². The van der Waals surface area contributed by atoms with Crippen molar-refractivity contribution in [2.24, 2.45) is 0 Å². The summed E-state index contributed by atoms with van der Waals surface area (Å²) in [6, 6.07) is 13.0. The van der Waals surface area contributed by atoms with Gasteiger partial charge in [-0.3, -0.25) is 19.3 Å². The molecule has 0 spiro atoms. The third-order valence-corrected chi connectivity index (χ3v) is 9.10. The van der Waals surface area contributed by atoms with Gasteiger partial charge in [0.1, 0.15) is 5.82 Å². The fraction of sp³-hybridized carbons (Fsp3) is 0.292. The van der Waals surface area contributed by atoms with Crippen LogP contribution in [0.1, 0.15) is 18.4 Å². The fourth-order valence-electron chi connectivity index (χ4n) is 4.07. The number of benzene rings is 2. The molecule has 10 nitrogen and oxygen atoms in total. The molecule has 0 atom stereocenters. The van der Waals surface area contributed by atoms with Crippen molar-refractivity contribution in [1.29, 1.82) is 0 Å². The second-order valence-electron chi connectivity index (χ2n) is 8.51. The van der Waals surface area contributed by atoms with Gasteiger partial charge in [0.25, 0.3) is 0 Å². The Bertz CT molecular complexity index is 1520. The molecule has 1 aliphatic rings. The number of hydrogen-bond donors (Lipinski definition) is 1. The zero-order valence-electron chi connectivity index (χ0n) is 19.7. The van der Waals surface area contributed by atoms with Crippen LogP contribution in [-0.2, 0) is 35.4 Å². The van der Waals surface area contributed by atoms with E-state index in [1.54, 1.807) is 36.5 Å². The van der Waals surface area contributed by atoms with Crippen LogP contribution in [0.15, 0.2) is 65.7 Å². The third kappa shape index (κ3) is 6.48. The number of aromatic nitrogens is 1. The number of fused-ring (bicyclic) bond motifs is 1. The molecular weight excluding hydrogens is 523 g/mol. The molecule has 2 aromatic carbocycles. The normalized spacial score (nSPS) is 15.0. The van der Waals surface area contributed by atoms with Crippen molar-refractivity contribution in [3.8, 4) is 0 Å². The summed E-state index contributed by atoms with van der Waals surface area (Å²) in [6.07, 6.45) is 1.05. The number of piperazine rings is 1. The summed E-state index contributed by atoms with van der Waals surface area (Å²) in [7, 11) is -7.82. The number of sulfonamides is 2. The number of rotatable bonds is 8. The van der Waals surface area contributed by atoms with Gasteiger partial charge < -0.3 is 4.90 Å². The van der Waals surface area contributed by atoms with Gasteiger partial charge in [-0.15, -0.1) is 0 Å². The van der Waals surface area contributed by atoms with Gasteiger partial charge in [0.05, 0.1) is 16.2 Å². The van der Waals surface area contributed by atoms with Crippen LogP contribution >= 0.6 is 0 Å². The molecule has 1 aliphatic heterocycles. The number of hydrogen-bond acceptors (Lipinski definition) is 7. The molecule has 1 N–H and O–H groups in total. The molecule has 2 amide bonds. The van der Waals surface area contributed by atoms with E-state index in [9.17, 15) is 30.8 Å². The lowest BCUT2D eigenvalue weighted by Crippen LogP contribution is -2.50. The Morgan fingerprint density at radius 1 is 0.892 bits per heavy atom. The van der Waals surface area contributed by atoms with E-state index < -0.39 is 37.5 Å². The third-order valence-electron chi connectivity index (χ3n) is 5.96. The number of carbonyl (C=O) groups excluding carboxylic acids is 2. The van der Waals surface area contributed by atoms with Gasteiger partial charge in [0.15, 0.2) is 0 Å². The quantitative estimate of drug-likeness (QED) is 0.452. The lowest BCUT2D eigenvalue weighted by molar-refractivity contribution is -0.134. The van der Waals surface area contributed by atoms with Gasteiger partial charge in [-0.25, -0.2) is 21.2 Å². The maximum Gasteiger partial charge on any atom is 0.243 e. The van der Waals surface area contributed by atoms with Gasteiger partial charge >= 0.3 is 0 Å². The van der Waals surface area contributed by atoms with E-state index in [0.29, 0.717) is 16.5 Å². The van der Waals surface area contributed by atoms with E-state index in [0.717, 1.165) is 12.1 Å². The molecule has 13 heteroatoms. The minimum atomic E-state index is -4.00. The van der Waals surface area contributed by atoms with Gasteiger partial charge in [-0.2, -0.15) is 4.31 Å². The molecule has 0 unspecified atom stereocenters. The number of nitrogens with zero attached hydrogens (tertiary/aromatic N) is 3. The molecule has 1 saturated heterocycles. The van der Waals surface area contributed by atoms with E-state index in [-0.39, 0.29) is 49.8 Å². The largest absolute Gasteiger partial charge is 0.340 e. The van der Waals surface area contributed by atoms with Crippen LogP contribution in [-0.4, -0.2) is 69.0 Å². The second kappa shape index (κ2) is 10.9. The van der Waals surface area contributed by atoms with Crippen LogP contribution < -0.4 is 4.72 Å². The number of nitrogens with one attached hydrogen (secondary N) is 1. The number of amides is 2. The Hall–Kier alpha value is -3.42. The average molecular weight is 549 g/mol. The van der Waals surface area contributed by atoms with Crippen molar-refractivity contribution in [3.63, 3.8) is 0 Å². The SMILES string of the molecule is O=C(CCC(=O)N1CCN(S(=O)(=O)c2ccc(F)cc2)CC1)NS(=O)(=O)Cc1cccc2ncccc12. The van der Waals surface area contributed by atoms with Crippen LogP contribution in [0, 0.1) is 5.82 Å². The fourth-order valence-corrected chi connectivity index (χ4v) is 6.67. The first-order chi connectivity index (χ1) is 17.5. The van der Waals surface area contributed by atoms with Crippen molar-refractivity contribution in [2.75, 3.05) is 26.2 Å². The molecule has 0 bridgehead atoms. The summed E-state index contributed by atoms with van der Waals surface area (Å²) in [5.74, 6) is -2.15. The molecule has 0 aliphatic carbocycles. The van der Waals surface area contributed by atoms with Crippen LogP contribution in [0.5, 0.6) is 0 Å². The zero-order valence-corrected chi connectivity index (χ0v) is 21.3. The standard InChI is InChI=1S/C24H25FN4O6S2/c25-19-6-8-20(9-7-19)37(34,35)29-15-13-28(14-16-29)24(31)11-10-23(30)27-36(32,33)17-18-3-1-5-22-21(18)4-2-12-26-22/h1-9,12H,10-11,13-17H2,(H,27,30). The van der Waals surface area contributed by atoms with Crippen molar-refractivity contribution in [3.05, 3.63) is 72.2 Å². The smallest absolute Gasteiger partial charge is 0.243 e. The van der Waals surface area contributed by atoms with Crippen molar-refractivity contribution >= 4 is 42.8 Å². The summed E-state index contributed by atoms with van der Waals surface area (Å²) in [4.78, 5) is 30.4. The molecular formula is C24H25FN4O6S2. The minimum absolute atomic E-state index is 0.0358. The summed E-state index contributed by atoms with van der Waals surface area (Å²) in [6.45, 7) is 0.334. The topological polar surface area (TPSA) is 134 Å². The maximum absolute atomic E-state index is 13.1. The molecule has 196 valence electrons. The molecule has 2 heterocycles. The first-order valence-corrected chi connectivity index (χ1v) is 14.5. The van der Waals surface area contributed by atoms with E-state index >= 15 is 0 Å². The van der Waals surface area contributed by atoms with Gasteiger partial charge in [0.2, 0.25) is 31.9 Å². The molecule has 1 aromatic heterocycles. The number of halogens is 1. The van der Waals surface area contributed by atoms with Gasteiger partial charge in [-0.05, 0) is 42.0 Å². The predicted octanol–water partition coefficient (Wildman–Crippen LogP) is 1.63. The lowest BCUT2D eigenvalue weighted by atomic mass is 10.1. The summed E-state index contributed by atoms with van der Waals surface area (Å²) in [5.41, 5.74) is 1.13. The van der Waals surface area contributed by atoms with E-state index in [4.69, 9.17) is 0 Å². The van der Waals surface area contributed by atoms with Crippen molar-refractivity contribution in [1.82, 2.24) is 18.9 Å². The summed E-state index contributed by atoms with van der Waals surface area (Å²) >= 11 is 0. The summed E-state index contributed by atoms with van der Waals surface area (Å²) < 4.78 is 66.8. The minimum Gasteiger partial charge on any atom is -0.340 e. The molecule has 37 heavy (non-hydrogen) atoms. The average Bonchev–Trinajstić information content (AvgIpc) is 2.87. The van der Waals surface area contributed by atoms with Crippen LogP contribution in [0.2, 0.25) is 0 Å². The van der Waals surface area contributed by atoms with Crippen LogP contribution in [0.25, 0.3) is 10.9 Å². The van der Waals surface area contributed by atoms with E-state index in [1.165, 1.54) is 21.3 Å². The Morgan fingerprint density at radius 2 is 1.59 bits per heavy atom. The zero-order chi connectivity index (χ0) is 26.6. The van der Waals surface area contributed by atoms with Crippen LogP contribution in [0.4, 0.5) is 4.39 Å². The highest BCUT2D eigenvalue weighted by Crippen LogP contribution is 2.20. The maximum atomic E-state index is 13.1. The van der Waals surface area contributed by atoms with Crippen LogP contribution in [0.3, 0.4) is 0 Å². The summed E-state index contributed by atoms with van der Waals surface area (Å²) in [5, 5.41) is 0.665. The molecule has 3 aromatic rings. The molecule has 4 rings (SSSR count).